The molecule has 0 amide bonds. The van der Waals surface area contributed by atoms with Crippen molar-refractivity contribution in [3.8, 4) is 0 Å². The zero-order valence-electron chi connectivity index (χ0n) is 13.4. The second-order valence-electron chi connectivity index (χ2n) is 5.06. The second kappa shape index (κ2) is 9.03. The van der Waals surface area contributed by atoms with Gasteiger partial charge < -0.3 is 44.3 Å². The van der Waals surface area contributed by atoms with Crippen LogP contribution >= 0.6 is 42.1 Å². The fraction of sp³-hybridized carbons (Fsp3) is 0.857. The summed E-state index contributed by atoms with van der Waals surface area (Å²) in [6, 6.07) is 0. The number of rotatable bonds is 11. The van der Waals surface area contributed by atoms with Crippen molar-refractivity contribution in [1.29, 1.82) is 0 Å². The number of carbonyl (C=O) groups is 1. The minimum absolute atomic E-state index is 0.327. The molecule has 0 aliphatic carbocycles. The first-order valence-electron chi connectivity index (χ1n) is 6.57. The third-order valence-electron chi connectivity index (χ3n) is 2.87. The highest BCUT2D eigenvalue weighted by Crippen LogP contribution is 2.78. The quantitative estimate of drug-likeness (QED) is 0.124. The van der Waals surface area contributed by atoms with Crippen LogP contribution in [-0.2, 0) is 23.1 Å². The molecule has 0 spiro atoms. The molecular weight excluding hydrogens is 478 g/mol. The molecule has 0 aromatic rings. The van der Waals surface area contributed by atoms with E-state index in [1.54, 1.807) is 0 Å². The van der Waals surface area contributed by atoms with E-state index < -0.39 is 70.3 Å². The van der Waals surface area contributed by atoms with Crippen LogP contribution in [0.15, 0.2) is 0 Å². The average molecular weight is 497 g/mol. The number of aliphatic carboxylic acids is 1. The van der Waals surface area contributed by atoms with E-state index in [1.807, 2.05) is 0 Å². The molecule has 15 nitrogen and oxygen atoms in total. The molecule has 0 aromatic heterocycles. The van der Waals surface area contributed by atoms with Crippen LogP contribution in [0.25, 0.3) is 0 Å². The molecule has 0 bridgehead atoms. The third-order valence-corrected chi connectivity index (χ3v) is 13.2. The molecule has 0 saturated carbocycles. The fourth-order valence-electron chi connectivity index (χ4n) is 2.13. The summed E-state index contributed by atoms with van der Waals surface area (Å²) in [6.07, 6.45) is -0.327. The van der Waals surface area contributed by atoms with Crippen molar-refractivity contribution in [2.45, 2.75) is 23.2 Å². The smallest absolute Gasteiger partial charge is 0.368 e. The predicted octanol–water partition coefficient (Wildman–Crippen LogP) is -0.878. The Kier molecular flexibility index (Phi) is 9.16. The number of hydrogen-bond acceptors (Lipinski definition) is 7. The molecule has 0 radical (unpaired) electrons. The molecule has 0 fully saturated rings. The van der Waals surface area contributed by atoms with Gasteiger partial charge in [-0.2, -0.15) is 0 Å². The monoisotopic (exact) mass is 497 g/mol. The summed E-state index contributed by atoms with van der Waals surface area (Å²) in [4.78, 5) is 86.2. The molecule has 0 atom stereocenters. The van der Waals surface area contributed by atoms with Crippen LogP contribution in [0.3, 0.4) is 0 Å². The van der Waals surface area contributed by atoms with E-state index in [1.165, 1.54) is 6.92 Å². The lowest BCUT2D eigenvalue weighted by atomic mass is 10.5. The van der Waals surface area contributed by atoms with Gasteiger partial charge in [0.25, 0.3) is 4.35 Å². The molecule has 0 aliphatic heterocycles. The highest BCUT2D eigenvalue weighted by molar-refractivity contribution is 8.13. The van der Waals surface area contributed by atoms with Crippen molar-refractivity contribution in [3.63, 3.8) is 0 Å². The molecule has 9 N–H and O–H groups in total. The standard InChI is InChI=1S/C7H19NO14P4S/c1-2-3-8(6(23(11,12)13)24(14,15)16)7(25(17,18)19,26(20,21)22)27-4-5(9)10/h6H,2-4H2,1H3,(H,9,10)(H2,11,12,13)(H2,14,15,16)(H2,17,18,19)(H2,20,21,22). The van der Waals surface area contributed by atoms with Gasteiger partial charge >= 0.3 is 36.4 Å². The SMILES string of the molecule is CCCN(C(P(=O)(O)O)P(=O)(O)O)C(SCC(=O)O)(P(=O)(O)O)P(=O)(O)O. The van der Waals surface area contributed by atoms with Gasteiger partial charge in [-0.25, -0.2) is 4.90 Å². The first-order valence-corrected chi connectivity index (χ1v) is 14.1. The Balaban J connectivity index is 7.15. The van der Waals surface area contributed by atoms with Crippen LogP contribution in [0.1, 0.15) is 13.3 Å². The van der Waals surface area contributed by atoms with Crippen LogP contribution in [0.5, 0.6) is 0 Å². The number of thioether (sulfide) groups is 1. The number of hydrogen-bond donors (Lipinski definition) is 9. The number of carboxylic acids is 1. The lowest BCUT2D eigenvalue weighted by molar-refractivity contribution is -0.133. The van der Waals surface area contributed by atoms with Gasteiger partial charge in [0.15, 0.2) is 0 Å². The maximum Gasteiger partial charge on any atom is 0.368 e. The largest absolute Gasteiger partial charge is 0.481 e. The van der Waals surface area contributed by atoms with E-state index >= 15 is 0 Å². The van der Waals surface area contributed by atoms with Crippen LogP contribution < -0.4 is 0 Å². The topological polar surface area (TPSA) is 271 Å². The normalized spacial score (nSPS) is 14.8. The van der Waals surface area contributed by atoms with E-state index in [2.05, 4.69) is 0 Å². The maximum absolute atomic E-state index is 12.0. The molecule has 0 aromatic carbocycles. The van der Waals surface area contributed by atoms with Gasteiger partial charge in [-0.1, -0.05) is 6.92 Å². The Bertz CT molecular complexity index is 688. The second-order valence-corrected chi connectivity index (χ2v) is 14.4. The Labute approximate surface area is 156 Å². The molecule has 0 saturated heterocycles. The summed E-state index contributed by atoms with van der Waals surface area (Å²) in [6.45, 7) is 0.207. The van der Waals surface area contributed by atoms with Crippen LogP contribution in [0, 0.1) is 0 Å². The molecule has 20 heteroatoms. The summed E-state index contributed by atoms with van der Waals surface area (Å²) in [7, 11) is -24.3. The Morgan fingerprint density at radius 3 is 1.52 bits per heavy atom. The van der Waals surface area contributed by atoms with E-state index in [-0.39, 0.29) is 11.3 Å². The van der Waals surface area contributed by atoms with Crippen LogP contribution in [0.2, 0.25) is 0 Å². The van der Waals surface area contributed by atoms with Crippen molar-refractivity contribution in [2.24, 2.45) is 0 Å². The fourth-order valence-corrected chi connectivity index (χ4v) is 10.4. The number of carboxylic acid groups (broad SMARTS) is 1. The summed E-state index contributed by atoms with van der Waals surface area (Å²) in [5, 5.41) is 8.73. The molecule has 0 rings (SSSR count). The predicted molar refractivity (Wildman–Crippen MR) is 91.8 cm³/mol. The zero-order chi connectivity index (χ0) is 22.1. The lowest BCUT2D eigenvalue weighted by Gasteiger charge is -2.45. The van der Waals surface area contributed by atoms with Gasteiger partial charge in [0.05, 0.1) is 5.75 Å². The minimum Gasteiger partial charge on any atom is -0.481 e. The van der Waals surface area contributed by atoms with E-state index in [4.69, 9.17) is 5.11 Å². The first-order chi connectivity index (χ1) is 11.7. The Morgan fingerprint density at radius 2 is 1.30 bits per heavy atom. The molecule has 0 heterocycles. The first kappa shape index (κ1) is 27.4. The highest BCUT2D eigenvalue weighted by atomic mass is 32.2. The van der Waals surface area contributed by atoms with Crippen molar-refractivity contribution >= 4 is 48.1 Å². The van der Waals surface area contributed by atoms with Gasteiger partial charge in [-0.3, -0.25) is 23.1 Å². The van der Waals surface area contributed by atoms with Crippen molar-refractivity contribution in [2.75, 3.05) is 12.3 Å². The van der Waals surface area contributed by atoms with E-state index in [9.17, 15) is 62.2 Å². The molecule has 0 aliphatic rings. The van der Waals surface area contributed by atoms with Gasteiger partial charge in [-0.05, 0) is 6.42 Å². The summed E-state index contributed by atoms with van der Waals surface area (Å²) >= 11 is -0.587. The van der Waals surface area contributed by atoms with Crippen LogP contribution in [-0.4, -0.2) is 77.3 Å². The maximum atomic E-state index is 12.0. The van der Waals surface area contributed by atoms with Gasteiger partial charge in [0, 0.05) is 6.54 Å². The molecule has 0 unspecified atom stereocenters. The van der Waals surface area contributed by atoms with E-state index in [0.717, 1.165) is 0 Å². The summed E-state index contributed by atoms with van der Waals surface area (Å²) < 4.78 is 43.4. The Morgan fingerprint density at radius 1 is 0.926 bits per heavy atom. The van der Waals surface area contributed by atoms with Gasteiger partial charge in [0.2, 0.25) is 5.52 Å². The van der Waals surface area contributed by atoms with Gasteiger partial charge in [0.1, 0.15) is 0 Å². The van der Waals surface area contributed by atoms with Crippen molar-refractivity contribution in [1.82, 2.24) is 4.90 Å². The molecule has 27 heavy (non-hydrogen) atoms. The van der Waals surface area contributed by atoms with Crippen molar-refractivity contribution in [3.05, 3.63) is 0 Å². The molecule has 162 valence electrons. The Hall–Kier alpha value is 0.380. The number of nitrogens with zero attached hydrogens (tertiary/aromatic N) is 1. The lowest BCUT2D eigenvalue weighted by Crippen LogP contribution is -2.51. The summed E-state index contributed by atoms with van der Waals surface area (Å²) in [5.74, 6) is -3.18. The minimum atomic E-state index is -6.19. The highest BCUT2D eigenvalue weighted by Gasteiger charge is 2.70. The van der Waals surface area contributed by atoms with E-state index in [0.29, 0.717) is 0 Å². The van der Waals surface area contributed by atoms with Gasteiger partial charge in [-0.15, -0.1) is 11.8 Å². The zero-order valence-corrected chi connectivity index (χ0v) is 17.8. The van der Waals surface area contributed by atoms with Crippen LogP contribution in [0.4, 0.5) is 0 Å². The average Bonchev–Trinajstić information content (AvgIpc) is 2.31. The van der Waals surface area contributed by atoms with Crippen molar-refractivity contribution < 1.29 is 67.3 Å². The third kappa shape index (κ3) is 6.43. The summed E-state index contributed by atoms with van der Waals surface area (Å²) in [5.41, 5.74) is -3.34. The molecular formula is C7H19NO14P4S.